The summed E-state index contributed by atoms with van der Waals surface area (Å²) in [5.74, 6) is 1.54. The van der Waals surface area contributed by atoms with Crippen molar-refractivity contribution in [1.29, 1.82) is 0 Å². The Morgan fingerprint density at radius 1 is 1.10 bits per heavy atom. The molecule has 0 bridgehead atoms. The number of nitrogen functional groups attached to an aromatic ring is 1. The summed E-state index contributed by atoms with van der Waals surface area (Å²) >= 11 is 0. The summed E-state index contributed by atoms with van der Waals surface area (Å²) < 4.78 is 5.52. The van der Waals surface area contributed by atoms with Crippen molar-refractivity contribution >= 4 is 5.82 Å². The maximum absolute atomic E-state index is 5.98. The number of hydrogen-bond acceptors (Lipinski definition) is 4. The van der Waals surface area contributed by atoms with E-state index in [1.54, 1.807) is 12.4 Å². The standard InChI is InChI=1S/C16H13N3O/c17-16-14(10-5-7-18-8-6-10)15(20-19-16)13-9-11-3-1-2-4-12(11)13/h1-8,13H,9H2,(H2,17,19). The van der Waals surface area contributed by atoms with Gasteiger partial charge < -0.3 is 10.3 Å². The highest BCUT2D eigenvalue weighted by atomic mass is 16.5. The summed E-state index contributed by atoms with van der Waals surface area (Å²) in [6.07, 6.45) is 4.48. The topological polar surface area (TPSA) is 64.9 Å². The fraction of sp³-hybridized carbons (Fsp3) is 0.125. The molecule has 1 aliphatic rings. The molecule has 4 heteroatoms. The third kappa shape index (κ3) is 1.54. The molecule has 0 saturated heterocycles. The van der Waals surface area contributed by atoms with Gasteiger partial charge in [0.15, 0.2) is 11.6 Å². The summed E-state index contributed by atoms with van der Waals surface area (Å²) in [7, 11) is 0. The van der Waals surface area contributed by atoms with Gasteiger partial charge in [-0.05, 0) is 35.2 Å². The van der Waals surface area contributed by atoms with E-state index in [2.05, 4.69) is 34.4 Å². The molecule has 0 fully saturated rings. The molecule has 2 aromatic heterocycles. The summed E-state index contributed by atoms with van der Waals surface area (Å²) in [4.78, 5) is 4.04. The third-order valence-electron chi connectivity index (χ3n) is 3.88. The van der Waals surface area contributed by atoms with E-state index in [1.165, 1.54) is 11.1 Å². The Morgan fingerprint density at radius 3 is 2.70 bits per heavy atom. The van der Waals surface area contributed by atoms with E-state index in [0.717, 1.165) is 23.3 Å². The van der Waals surface area contributed by atoms with Crippen LogP contribution in [0.15, 0.2) is 53.3 Å². The van der Waals surface area contributed by atoms with Gasteiger partial charge in [-0.2, -0.15) is 0 Å². The number of pyridine rings is 1. The summed E-state index contributed by atoms with van der Waals surface area (Å²) in [5, 5.41) is 3.95. The first-order valence-corrected chi connectivity index (χ1v) is 6.58. The van der Waals surface area contributed by atoms with Gasteiger partial charge in [0.2, 0.25) is 0 Å². The van der Waals surface area contributed by atoms with E-state index in [1.807, 2.05) is 12.1 Å². The van der Waals surface area contributed by atoms with E-state index in [9.17, 15) is 0 Å². The SMILES string of the molecule is Nc1noc(C2Cc3ccccc32)c1-c1ccncc1. The first kappa shape index (κ1) is 11.2. The molecule has 1 aliphatic carbocycles. The van der Waals surface area contributed by atoms with Crippen LogP contribution in [0.3, 0.4) is 0 Å². The highest BCUT2D eigenvalue weighted by molar-refractivity contribution is 5.76. The fourth-order valence-corrected chi connectivity index (χ4v) is 2.86. The number of fused-ring (bicyclic) bond motifs is 1. The zero-order valence-corrected chi connectivity index (χ0v) is 10.8. The second kappa shape index (κ2) is 4.20. The van der Waals surface area contributed by atoms with E-state index in [0.29, 0.717) is 5.82 Å². The molecule has 1 unspecified atom stereocenters. The van der Waals surface area contributed by atoms with Crippen LogP contribution in [0, 0.1) is 0 Å². The van der Waals surface area contributed by atoms with Gasteiger partial charge in [0, 0.05) is 18.3 Å². The van der Waals surface area contributed by atoms with Crippen LogP contribution in [-0.4, -0.2) is 10.1 Å². The molecule has 20 heavy (non-hydrogen) atoms. The molecule has 0 aliphatic heterocycles. The predicted molar refractivity (Wildman–Crippen MR) is 76.1 cm³/mol. The van der Waals surface area contributed by atoms with Crippen LogP contribution in [0.1, 0.15) is 22.8 Å². The average Bonchev–Trinajstić information content (AvgIpc) is 2.83. The van der Waals surface area contributed by atoms with Crippen molar-refractivity contribution < 1.29 is 4.52 Å². The molecule has 2 N–H and O–H groups in total. The van der Waals surface area contributed by atoms with Crippen LogP contribution < -0.4 is 5.73 Å². The minimum absolute atomic E-state index is 0.249. The quantitative estimate of drug-likeness (QED) is 0.771. The van der Waals surface area contributed by atoms with Crippen molar-refractivity contribution in [2.24, 2.45) is 0 Å². The molecular weight excluding hydrogens is 250 g/mol. The molecule has 2 heterocycles. The van der Waals surface area contributed by atoms with Crippen molar-refractivity contribution in [2.75, 3.05) is 5.73 Å². The Hall–Kier alpha value is -2.62. The molecule has 0 spiro atoms. The van der Waals surface area contributed by atoms with Crippen LogP contribution >= 0.6 is 0 Å². The number of rotatable bonds is 2. The van der Waals surface area contributed by atoms with Gasteiger partial charge in [-0.15, -0.1) is 0 Å². The highest BCUT2D eigenvalue weighted by Gasteiger charge is 2.33. The average molecular weight is 263 g/mol. The molecule has 4 nitrogen and oxygen atoms in total. The van der Waals surface area contributed by atoms with E-state index >= 15 is 0 Å². The van der Waals surface area contributed by atoms with Crippen molar-refractivity contribution in [1.82, 2.24) is 10.1 Å². The van der Waals surface area contributed by atoms with Gasteiger partial charge in [0.25, 0.3) is 0 Å². The maximum Gasteiger partial charge on any atom is 0.175 e. The van der Waals surface area contributed by atoms with Crippen LogP contribution in [0.25, 0.3) is 11.1 Å². The van der Waals surface area contributed by atoms with E-state index in [-0.39, 0.29) is 5.92 Å². The molecule has 1 aromatic carbocycles. The lowest BCUT2D eigenvalue weighted by atomic mass is 9.75. The van der Waals surface area contributed by atoms with Crippen molar-refractivity contribution in [3.05, 3.63) is 65.7 Å². The van der Waals surface area contributed by atoms with Crippen LogP contribution in [0.4, 0.5) is 5.82 Å². The monoisotopic (exact) mass is 263 g/mol. The lowest BCUT2D eigenvalue weighted by Crippen LogP contribution is -2.18. The van der Waals surface area contributed by atoms with Crippen LogP contribution in [-0.2, 0) is 6.42 Å². The molecule has 0 radical (unpaired) electrons. The van der Waals surface area contributed by atoms with Crippen LogP contribution in [0.5, 0.6) is 0 Å². The van der Waals surface area contributed by atoms with Gasteiger partial charge in [0.05, 0.1) is 5.56 Å². The zero-order valence-electron chi connectivity index (χ0n) is 10.8. The van der Waals surface area contributed by atoms with E-state index in [4.69, 9.17) is 10.3 Å². The first-order chi connectivity index (χ1) is 9.84. The normalized spacial score (nSPS) is 16.5. The lowest BCUT2D eigenvalue weighted by Gasteiger charge is -2.28. The number of benzene rings is 1. The number of hydrogen-bond donors (Lipinski definition) is 1. The van der Waals surface area contributed by atoms with Crippen LogP contribution in [0.2, 0.25) is 0 Å². The number of anilines is 1. The smallest absolute Gasteiger partial charge is 0.175 e. The Morgan fingerprint density at radius 2 is 1.90 bits per heavy atom. The fourth-order valence-electron chi connectivity index (χ4n) is 2.86. The van der Waals surface area contributed by atoms with Crippen molar-refractivity contribution in [3.63, 3.8) is 0 Å². The largest absolute Gasteiger partial charge is 0.380 e. The number of nitrogens with two attached hydrogens (primary N) is 1. The zero-order chi connectivity index (χ0) is 13.5. The predicted octanol–water partition coefficient (Wildman–Crippen LogP) is 3.01. The molecule has 0 amide bonds. The molecule has 3 aromatic rings. The molecule has 98 valence electrons. The molecule has 0 saturated carbocycles. The molecule has 1 atom stereocenters. The van der Waals surface area contributed by atoms with Gasteiger partial charge in [-0.1, -0.05) is 29.4 Å². The Labute approximate surface area is 116 Å². The third-order valence-corrected chi connectivity index (χ3v) is 3.88. The molecular formula is C16H13N3O. The highest BCUT2D eigenvalue weighted by Crippen LogP contribution is 2.45. The number of nitrogens with zero attached hydrogens (tertiary/aromatic N) is 2. The van der Waals surface area contributed by atoms with Crippen molar-refractivity contribution in [3.8, 4) is 11.1 Å². The summed E-state index contributed by atoms with van der Waals surface area (Å²) in [6, 6.07) is 12.3. The van der Waals surface area contributed by atoms with Gasteiger partial charge in [-0.3, -0.25) is 4.98 Å². The molecule has 4 rings (SSSR count). The minimum Gasteiger partial charge on any atom is -0.380 e. The summed E-state index contributed by atoms with van der Waals surface area (Å²) in [6.45, 7) is 0. The Bertz CT molecular complexity index is 764. The number of aromatic nitrogens is 2. The minimum atomic E-state index is 0.249. The van der Waals surface area contributed by atoms with Gasteiger partial charge >= 0.3 is 0 Å². The second-order valence-corrected chi connectivity index (χ2v) is 5.00. The Kier molecular flexibility index (Phi) is 2.36. The first-order valence-electron chi connectivity index (χ1n) is 6.58. The van der Waals surface area contributed by atoms with Gasteiger partial charge in [-0.25, -0.2) is 0 Å². The summed E-state index contributed by atoms with van der Waals surface area (Å²) in [5.41, 5.74) is 10.6. The maximum atomic E-state index is 5.98. The lowest BCUT2D eigenvalue weighted by molar-refractivity contribution is 0.365. The van der Waals surface area contributed by atoms with Gasteiger partial charge in [0.1, 0.15) is 0 Å². The van der Waals surface area contributed by atoms with Crippen molar-refractivity contribution in [2.45, 2.75) is 12.3 Å². The van der Waals surface area contributed by atoms with E-state index < -0.39 is 0 Å². The second-order valence-electron chi connectivity index (χ2n) is 5.00. The Balaban J connectivity index is 1.82.